The molecule has 4 rings (SSSR count). The molecule has 2 aromatic carbocycles. The van der Waals surface area contributed by atoms with Crippen LogP contribution < -0.4 is 0 Å². The fourth-order valence-corrected chi connectivity index (χ4v) is 3.39. The van der Waals surface area contributed by atoms with E-state index < -0.39 is 17.8 Å². The van der Waals surface area contributed by atoms with Gasteiger partial charge >= 0.3 is 11.9 Å². The number of hydrogen-bond acceptors (Lipinski definition) is 6. The number of nitrogens with zero attached hydrogens (tertiary/aromatic N) is 2. The summed E-state index contributed by atoms with van der Waals surface area (Å²) in [5, 5.41) is 4.47. The highest BCUT2D eigenvalue weighted by Crippen LogP contribution is 2.31. The Hall–Kier alpha value is -3.52. The summed E-state index contributed by atoms with van der Waals surface area (Å²) in [6.07, 6.45) is 2.31. The van der Waals surface area contributed by atoms with E-state index in [0.29, 0.717) is 29.3 Å². The molecule has 0 radical (unpaired) electrons. The third-order valence-corrected chi connectivity index (χ3v) is 5.29. The molecule has 0 spiro atoms. The van der Waals surface area contributed by atoms with Crippen molar-refractivity contribution in [3.05, 3.63) is 71.2 Å². The first-order valence-electron chi connectivity index (χ1n) is 10.2. The van der Waals surface area contributed by atoms with Gasteiger partial charge in [0.2, 0.25) is 0 Å². The number of carbonyl (C=O) groups excluding carboxylic acids is 2. The first kappa shape index (κ1) is 21.7. The number of rotatable bonds is 8. The predicted octanol–water partition coefficient (Wildman–Crippen LogP) is 4.18. The number of esters is 2. The van der Waals surface area contributed by atoms with Gasteiger partial charge < -0.3 is 14.2 Å². The highest BCUT2D eigenvalue weighted by Gasteiger charge is 2.31. The zero-order valence-corrected chi connectivity index (χ0v) is 17.8. The predicted molar refractivity (Wildman–Crippen MR) is 114 cm³/mol. The minimum absolute atomic E-state index is 0.0969. The number of para-hydroxylation sites is 1. The fourth-order valence-electron chi connectivity index (χ4n) is 3.39. The third kappa shape index (κ3) is 4.40. The molecule has 1 aromatic heterocycles. The Morgan fingerprint density at radius 1 is 1.06 bits per heavy atom. The maximum Gasteiger partial charge on any atom is 0.357 e. The molecule has 32 heavy (non-hydrogen) atoms. The molecule has 1 fully saturated rings. The second-order valence-electron chi connectivity index (χ2n) is 7.57. The van der Waals surface area contributed by atoms with Crippen LogP contribution in [0.4, 0.5) is 4.39 Å². The molecule has 1 aliphatic rings. The lowest BCUT2D eigenvalue weighted by Gasteiger charge is -2.07. The van der Waals surface area contributed by atoms with E-state index in [2.05, 4.69) is 5.10 Å². The number of benzene rings is 2. The topological polar surface area (TPSA) is 79.7 Å². The van der Waals surface area contributed by atoms with Crippen LogP contribution in [0, 0.1) is 11.7 Å². The Bertz CT molecular complexity index is 1140. The fraction of sp³-hybridized carbons (Fsp3) is 0.292. The Morgan fingerprint density at radius 2 is 1.78 bits per heavy atom. The van der Waals surface area contributed by atoms with E-state index in [4.69, 9.17) is 14.2 Å². The summed E-state index contributed by atoms with van der Waals surface area (Å²) in [7, 11) is 2.41. The van der Waals surface area contributed by atoms with Crippen LogP contribution in [0.5, 0.6) is 0 Å². The van der Waals surface area contributed by atoms with Crippen LogP contribution in [0.2, 0.25) is 0 Å². The number of methoxy groups -OCH3 is 2. The Morgan fingerprint density at radius 3 is 2.41 bits per heavy atom. The lowest BCUT2D eigenvalue weighted by atomic mass is 10.0. The molecule has 3 aromatic rings. The van der Waals surface area contributed by atoms with Gasteiger partial charge in [0, 0.05) is 17.7 Å². The van der Waals surface area contributed by atoms with Gasteiger partial charge in [-0.3, -0.25) is 0 Å². The summed E-state index contributed by atoms with van der Waals surface area (Å²) in [5.74, 6) is -1.44. The summed E-state index contributed by atoms with van der Waals surface area (Å²) in [4.78, 5) is 25.3. The van der Waals surface area contributed by atoms with Crippen LogP contribution in [0.1, 0.15) is 39.3 Å². The Labute approximate surface area is 184 Å². The molecule has 1 aliphatic carbocycles. The molecule has 0 saturated heterocycles. The largest absolute Gasteiger partial charge is 0.465 e. The van der Waals surface area contributed by atoms with Crippen LogP contribution in [-0.2, 0) is 20.8 Å². The van der Waals surface area contributed by atoms with E-state index in [0.717, 1.165) is 12.8 Å². The van der Waals surface area contributed by atoms with Gasteiger partial charge in [-0.2, -0.15) is 5.10 Å². The van der Waals surface area contributed by atoms with E-state index in [1.807, 2.05) is 6.07 Å². The lowest BCUT2D eigenvalue weighted by molar-refractivity contribution is 0.0549. The lowest BCUT2D eigenvalue weighted by Crippen LogP contribution is -2.15. The molecule has 1 heterocycles. The van der Waals surface area contributed by atoms with Crippen molar-refractivity contribution >= 4 is 11.9 Å². The molecule has 1 saturated carbocycles. The molecule has 7 nitrogen and oxygen atoms in total. The summed E-state index contributed by atoms with van der Waals surface area (Å²) < 4.78 is 31.5. The molecule has 0 N–H and O–H groups in total. The first-order chi connectivity index (χ1) is 15.5. The second kappa shape index (κ2) is 9.32. The number of hydrogen-bond donors (Lipinski definition) is 0. The Kier molecular flexibility index (Phi) is 6.32. The molecule has 0 bridgehead atoms. The van der Waals surface area contributed by atoms with Gasteiger partial charge in [0.15, 0.2) is 5.69 Å². The highest BCUT2D eigenvalue weighted by atomic mass is 19.1. The van der Waals surface area contributed by atoms with Gasteiger partial charge in [-0.25, -0.2) is 18.7 Å². The molecular formula is C24H23FN2O5. The standard InChI is InChI=1S/C24H23FN2O5/c1-30-23(28)20-21(16-10-11-17(19(25)12-16)14-32-13-15-8-9-15)26-27(22(20)24(29)31-2)18-6-4-3-5-7-18/h3-7,10-12,15H,8-9,13-14H2,1-2H3. The average molecular weight is 438 g/mol. The van der Waals surface area contributed by atoms with E-state index in [1.165, 1.54) is 25.0 Å². The quantitative estimate of drug-likeness (QED) is 0.491. The number of ether oxygens (including phenoxy) is 3. The van der Waals surface area contributed by atoms with Gasteiger partial charge in [0.25, 0.3) is 0 Å². The van der Waals surface area contributed by atoms with E-state index in [1.54, 1.807) is 36.4 Å². The maximum absolute atomic E-state index is 14.8. The Balaban J connectivity index is 1.79. The van der Waals surface area contributed by atoms with Crippen molar-refractivity contribution in [2.75, 3.05) is 20.8 Å². The monoisotopic (exact) mass is 438 g/mol. The molecule has 166 valence electrons. The van der Waals surface area contributed by atoms with Crippen LogP contribution in [-0.4, -0.2) is 42.5 Å². The maximum atomic E-state index is 14.8. The van der Waals surface area contributed by atoms with Crippen LogP contribution in [0.15, 0.2) is 48.5 Å². The molecule has 0 aliphatic heterocycles. The van der Waals surface area contributed by atoms with Crippen molar-refractivity contribution in [1.82, 2.24) is 9.78 Å². The first-order valence-corrected chi connectivity index (χ1v) is 10.2. The smallest absolute Gasteiger partial charge is 0.357 e. The molecule has 0 amide bonds. The van der Waals surface area contributed by atoms with Crippen LogP contribution in [0.25, 0.3) is 16.9 Å². The number of aromatic nitrogens is 2. The van der Waals surface area contributed by atoms with E-state index >= 15 is 0 Å². The number of carbonyl (C=O) groups is 2. The zero-order chi connectivity index (χ0) is 22.7. The van der Waals surface area contributed by atoms with Crippen molar-refractivity contribution in [1.29, 1.82) is 0 Å². The minimum atomic E-state index is -0.778. The van der Waals surface area contributed by atoms with Gasteiger partial charge in [-0.1, -0.05) is 30.3 Å². The summed E-state index contributed by atoms with van der Waals surface area (Å²) >= 11 is 0. The SMILES string of the molecule is COC(=O)c1c(-c2ccc(COCC3CC3)c(F)c2)nn(-c2ccccc2)c1C(=O)OC. The van der Waals surface area contributed by atoms with Crippen molar-refractivity contribution < 1.29 is 28.2 Å². The summed E-state index contributed by atoms with van der Waals surface area (Å²) in [6.45, 7) is 0.788. The molecule has 0 unspecified atom stereocenters. The zero-order valence-electron chi connectivity index (χ0n) is 17.8. The molecule has 8 heteroatoms. The van der Waals surface area contributed by atoms with Crippen molar-refractivity contribution in [3.63, 3.8) is 0 Å². The van der Waals surface area contributed by atoms with Crippen molar-refractivity contribution in [3.8, 4) is 16.9 Å². The van der Waals surface area contributed by atoms with Gasteiger partial charge in [-0.15, -0.1) is 0 Å². The average Bonchev–Trinajstić information content (AvgIpc) is 3.56. The third-order valence-electron chi connectivity index (χ3n) is 5.29. The van der Waals surface area contributed by atoms with E-state index in [-0.39, 0.29) is 23.6 Å². The summed E-state index contributed by atoms with van der Waals surface area (Å²) in [6, 6.07) is 13.3. The minimum Gasteiger partial charge on any atom is -0.465 e. The molecular weight excluding hydrogens is 415 g/mol. The number of halogens is 1. The van der Waals surface area contributed by atoms with Gasteiger partial charge in [0.1, 0.15) is 17.1 Å². The molecule has 0 atom stereocenters. The van der Waals surface area contributed by atoms with Crippen molar-refractivity contribution in [2.24, 2.45) is 5.92 Å². The summed E-state index contributed by atoms with van der Waals surface area (Å²) in [5.41, 5.74) is 1.19. The normalized spacial score (nSPS) is 13.1. The van der Waals surface area contributed by atoms with Gasteiger partial charge in [0.05, 0.1) is 26.5 Å². The van der Waals surface area contributed by atoms with Crippen LogP contribution >= 0.6 is 0 Å². The van der Waals surface area contributed by atoms with E-state index in [9.17, 15) is 14.0 Å². The van der Waals surface area contributed by atoms with Gasteiger partial charge in [-0.05, 0) is 37.0 Å². The second-order valence-corrected chi connectivity index (χ2v) is 7.57. The highest BCUT2D eigenvalue weighted by molar-refractivity contribution is 6.06. The van der Waals surface area contributed by atoms with Crippen molar-refractivity contribution in [2.45, 2.75) is 19.4 Å². The van der Waals surface area contributed by atoms with Crippen LogP contribution in [0.3, 0.4) is 0 Å².